The van der Waals surface area contributed by atoms with Crippen LogP contribution < -0.4 is 9.47 Å². The number of amides is 1. The van der Waals surface area contributed by atoms with Crippen LogP contribution in [0.25, 0.3) is 0 Å². The van der Waals surface area contributed by atoms with E-state index in [4.69, 9.17) is 14.7 Å². The lowest BCUT2D eigenvalue weighted by Gasteiger charge is -2.17. The van der Waals surface area contributed by atoms with Crippen molar-refractivity contribution in [2.24, 2.45) is 0 Å². The van der Waals surface area contributed by atoms with Crippen LogP contribution in [-0.4, -0.2) is 38.6 Å². The number of rotatable bonds is 5. The minimum absolute atomic E-state index is 0.176. The van der Waals surface area contributed by atoms with Gasteiger partial charge in [-0.2, -0.15) is 5.26 Å². The average molecular weight is 248 g/mol. The number of carbonyl (C=O) groups is 1. The van der Waals surface area contributed by atoms with Crippen molar-refractivity contribution in [3.63, 3.8) is 0 Å². The number of ether oxygens (including phenoxy) is 2. The fraction of sp³-hybridized carbons (Fsp3) is 0.385. The van der Waals surface area contributed by atoms with Crippen LogP contribution in [0.1, 0.15) is 16.8 Å². The van der Waals surface area contributed by atoms with E-state index in [9.17, 15) is 4.79 Å². The van der Waals surface area contributed by atoms with Gasteiger partial charge in [0.2, 0.25) is 0 Å². The van der Waals surface area contributed by atoms with Crippen LogP contribution in [0.4, 0.5) is 0 Å². The molecule has 0 atom stereocenters. The number of hydrogen-bond donors (Lipinski definition) is 0. The van der Waals surface area contributed by atoms with E-state index in [1.807, 2.05) is 6.07 Å². The third kappa shape index (κ3) is 3.14. The maximum Gasteiger partial charge on any atom is 0.257 e. The van der Waals surface area contributed by atoms with Gasteiger partial charge in [0.15, 0.2) is 0 Å². The Morgan fingerprint density at radius 1 is 1.39 bits per heavy atom. The molecule has 0 fully saturated rings. The predicted octanol–water partition coefficient (Wildman–Crippen LogP) is 1.69. The molecular weight excluding hydrogens is 232 g/mol. The predicted molar refractivity (Wildman–Crippen MR) is 66.7 cm³/mol. The average Bonchev–Trinajstić information content (AvgIpc) is 2.43. The lowest BCUT2D eigenvalue weighted by Crippen LogP contribution is -2.27. The Morgan fingerprint density at radius 3 is 2.67 bits per heavy atom. The van der Waals surface area contributed by atoms with Crippen molar-refractivity contribution in [2.75, 3.05) is 27.8 Å². The van der Waals surface area contributed by atoms with E-state index in [0.29, 0.717) is 30.0 Å². The summed E-state index contributed by atoms with van der Waals surface area (Å²) in [4.78, 5) is 13.6. The molecule has 0 spiro atoms. The smallest absolute Gasteiger partial charge is 0.257 e. The second-order valence-electron chi connectivity index (χ2n) is 3.70. The molecule has 1 aromatic carbocycles. The van der Waals surface area contributed by atoms with Gasteiger partial charge in [0.05, 0.1) is 32.3 Å². The number of benzene rings is 1. The van der Waals surface area contributed by atoms with Gasteiger partial charge in [-0.15, -0.1) is 0 Å². The second kappa shape index (κ2) is 6.50. The standard InChI is InChI=1S/C13H16N2O3/c1-15(8-4-7-14)13(16)11-6-5-10(17-2)9-12(11)18-3/h5-6,9H,4,8H2,1-3H3. The van der Waals surface area contributed by atoms with Gasteiger partial charge in [-0.05, 0) is 12.1 Å². The Hall–Kier alpha value is -2.22. The molecule has 0 unspecified atom stereocenters. The highest BCUT2D eigenvalue weighted by Gasteiger charge is 2.16. The molecule has 0 aliphatic rings. The molecule has 0 bridgehead atoms. The molecule has 18 heavy (non-hydrogen) atoms. The van der Waals surface area contributed by atoms with Crippen LogP contribution in [0.3, 0.4) is 0 Å². The van der Waals surface area contributed by atoms with Crippen molar-refractivity contribution < 1.29 is 14.3 Å². The van der Waals surface area contributed by atoms with Crippen molar-refractivity contribution in [1.82, 2.24) is 4.90 Å². The maximum atomic E-state index is 12.1. The normalized spacial score (nSPS) is 9.44. The van der Waals surface area contributed by atoms with Crippen molar-refractivity contribution in [3.8, 4) is 17.6 Å². The van der Waals surface area contributed by atoms with Crippen LogP contribution in [0.5, 0.6) is 11.5 Å². The van der Waals surface area contributed by atoms with Gasteiger partial charge in [0.1, 0.15) is 11.5 Å². The van der Waals surface area contributed by atoms with E-state index >= 15 is 0 Å². The summed E-state index contributed by atoms with van der Waals surface area (Å²) in [5.41, 5.74) is 0.457. The van der Waals surface area contributed by atoms with Gasteiger partial charge in [0.25, 0.3) is 5.91 Å². The first-order chi connectivity index (χ1) is 8.63. The number of methoxy groups -OCH3 is 2. The van der Waals surface area contributed by atoms with E-state index < -0.39 is 0 Å². The van der Waals surface area contributed by atoms with Crippen molar-refractivity contribution in [3.05, 3.63) is 23.8 Å². The van der Waals surface area contributed by atoms with E-state index in [1.165, 1.54) is 12.0 Å². The zero-order chi connectivity index (χ0) is 13.5. The molecule has 0 saturated carbocycles. The molecule has 0 N–H and O–H groups in total. The van der Waals surface area contributed by atoms with Gasteiger partial charge >= 0.3 is 0 Å². The Labute approximate surface area is 107 Å². The van der Waals surface area contributed by atoms with Crippen LogP contribution in [-0.2, 0) is 0 Å². The quantitative estimate of drug-likeness (QED) is 0.795. The molecule has 0 aliphatic heterocycles. The molecule has 5 heteroatoms. The summed E-state index contributed by atoms with van der Waals surface area (Å²) in [6.45, 7) is 0.393. The largest absolute Gasteiger partial charge is 0.497 e. The minimum Gasteiger partial charge on any atom is -0.497 e. The zero-order valence-electron chi connectivity index (χ0n) is 10.8. The van der Waals surface area contributed by atoms with Crippen molar-refractivity contribution in [1.29, 1.82) is 5.26 Å². The molecule has 0 radical (unpaired) electrons. The highest BCUT2D eigenvalue weighted by atomic mass is 16.5. The highest BCUT2D eigenvalue weighted by molar-refractivity contribution is 5.97. The summed E-state index contributed by atoms with van der Waals surface area (Å²) in [7, 11) is 4.71. The highest BCUT2D eigenvalue weighted by Crippen LogP contribution is 2.25. The SMILES string of the molecule is COc1ccc(C(=O)N(C)CCC#N)c(OC)c1. The van der Waals surface area contributed by atoms with Gasteiger partial charge in [-0.3, -0.25) is 4.79 Å². The summed E-state index contributed by atoms with van der Waals surface area (Å²) in [5, 5.41) is 8.51. The molecular formula is C13H16N2O3. The Bertz CT molecular complexity index is 466. The Kier molecular flexibility index (Phi) is 5.00. The third-order valence-electron chi connectivity index (χ3n) is 2.54. The topological polar surface area (TPSA) is 62.6 Å². The van der Waals surface area contributed by atoms with Crippen LogP contribution in [0.15, 0.2) is 18.2 Å². The number of hydrogen-bond acceptors (Lipinski definition) is 4. The molecule has 1 aromatic rings. The van der Waals surface area contributed by atoms with Crippen molar-refractivity contribution in [2.45, 2.75) is 6.42 Å². The summed E-state index contributed by atoms with van der Waals surface area (Å²) in [6, 6.07) is 7.02. The Morgan fingerprint density at radius 2 is 2.11 bits per heavy atom. The minimum atomic E-state index is -0.176. The molecule has 0 aromatic heterocycles. The monoisotopic (exact) mass is 248 g/mol. The molecule has 1 amide bonds. The second-order valence-corrected chi connectivity index (χ2v) is 3.70. The van der Waals surface area contributed by atoms with Crippen LogP contribution in [0, 0.1) is 11.3 Å². The van der Waals surface area contributed by atoms with Gasteiger partial charge in [0, 0.05) is 19.7 Å². The fourth-order valence-electron chi connectivity index (χ4n) is 1.50. The van der Waals surface area contributed by atoms with Crippen molar-refractivity contribution >= 4 is 5.91 Å². The molecule has 96 valence electrons. The first kappa shape index (κ1) is 13.8. The molecule has 0 aliphatic carbocycles. The number of nitriles is 1. The van der Waals surface area contributed by atoms with E-state index in [1.54, 1.807) is 32.4 Å². The maximum absolute atomic E-state index is 12.1. The summed E-state index contributed by atoms with van der Waals surface area (Å²) in [5.74, 6) is 0.913. The fourth-order valence-corrected chi connectivity index (χ4v) is 1.50. The summed E-state index contributed by atoms with van der Waals surface area (Å²) in [6.07, 6.45) is 0.306. The zero-order valence-corrected chi connectivity index (χ0v) is 10.8. The molecule has 0 heterocycles. The first-order valence-corrected chi connectivity index (χ1v) is 5.48. The van der Waals surface area contributed by atoms with Gasteiger partial charge < -0.3 is 14.4 Å². The lowest BCUT2D eigenvalue weighted by atomic mass is 10.1. The van der Waals surface area contributed by atoms with E-state index in [-0.39, 0.29) is 5.91 Å². The summed E-state index contributed by atoms with van der Waals surface area (Å²) >= 11 is 0. The Balaban J connectivity index is 2.95. The molecule has 5 nitrogen and oxygen atoms in total. The lowest BCUT2D eigenvalue weighted by molar-refractivity contribution is 0.0794. The molecule has 0 saturated heterocycles. The number of nitrogens with zero attached hydrogens (tertiary/aromatic N) is 2. The third-order valence-corrected chi connectivity index (χ3v) is 2.54. The molecule has 1 rings (SSSR count). The van der Waals surface area contributed by atoms with E-state index in [0.717, 1.165) is 0 Å². The first-order valence-electron chi connectivity index (χ1n) is 5.48. The summed E-state index contributed by atoms with van der Waals surface area (Å²) < 4.78 is 10.2. The number of carbonyl (C=O) groups excluding carboxylic acids is 1. The van der Waals surface area contributed by atoms with Crippen LogP contribution in [0.2, 0.25) is 0 Å². The van der Waals surface area contributed by atoms with E-state index in [2.05, 4.69) is 0 Å². The van der Waals surface area contributed by atoms with Crippen LogP contribution >= 0.6 is 0 Å². The van der Waals surface area contributed by atoms with Gasteiger partial charge in [-0.1, -0.05) is 0 Å². The van der Waals surface area contributed by atoms with Gasteiger partial charge in [-0.25, -0.2) is 0 Å².